The molecule has 1 atom stereocenters. The van der Waals surface area contributed by atoms with Crippen molar-refractivity contribution in [2.45, 2.75) is 36.1 Å². The molecule has 2 heterocycles. The van der Waals surface area contributed by atoms with Gasteiger partial charge >= 0.3 is 0 Å². The van der Waals surface area contributed by atoms with Gasteiger partial charge in [0.2, 0.25) is 10.0 Å². The van der Waals surface area contributed by atoms with Gasteiger partial charge < -0.3 is 9.64 Å². The van der Waals surface area contributed by atoms with Gasteiger partial charge in [-0.2, -0.15) is 0 Å². The Labute approximate surface area is 175 Å². The van der Waals surface area contributed by atoms with Gasteiger partial charge in [0.15, 0.2) is 6.10 Å². The van der Waals surface area contributed by atoms with E-state index in [0.29, 0.717) is 36.2 Å². The highest BCUT2D eigenvalue weighted by atomic mass is 79.9. The van der Waals surface area contributed by atoms with Crippen molar-refractivity contribution in [1.82, 2.24) is 9.62 Å². The van der Waals surface area contributed by atoms with Gasteiger partial charge in [0.05, 0.1) is 4.47 Å². The maximum absolute atomic E-state index is 13.2. The summed E-state index contributed by atoms with van der Waals surface area (Å²) in [5.74, 6) is -0.193. The highest BCUT2D eigenvalue weighted by molar-refractivity contribution is 9.10. The summed E-state index contributed by atoms with van der Waals surface area (Å²) < 4.78 is 46.9. The molecule has 1 N–H and O–H groups in total. The summed E-state index contributed by atoms with van der Waals surface area (Å²) in [4.78, 5) is 14.3. The highest BCUT2D eigenvalue weighted by Gasteiger charge is 2.29. The molecular weight excluding hydrogens is 471 g/mol. The van der Waals surface area contributed by atoms with E-state index >= 15 is 0 Å². The fourth-order valence-corrected chi connectivity index (χ4v) is 5.74. The monoisotopic (exact) mass is 490 g/mol. The standard InChI is InChI=1S/C18H20BrFN2O4S2/c1-12(26-16-5-4-13(20)11-15(16)19)18(23)22-8-6-14(7-9-22)21-28(24,25)17-3-2-10-27-17/h2-5,10-12,14,21H,6-9H2,1H3. The maximum Gasteiger partial charge on any atom is 0.263 e. The number of rotatable bonds is 6. The van der Waals surface area contributed by atoms with Gasteiger partial charge in [0, 0.05) is 19.1 Å². The number of ether oxygens (including phenoxy) is 1. The minimum atomic E-state index is -3.52. The lowest BCUT2D eigenvalue weighted by Gasteiger charge is -2.33. The minimum Gasteiger partial charge on any atom is -0.480 e. The molecule has 1 aromatic carbocycles. The Balaban J connectivity index is 1.53. The summed E-state index contributed by atoms with van der Waals surface area (Å²) >= 11 is 4.39. The number of carbonyl (C=O) groups excluding carboxylic acids is 1. The van der Waals surface area contributed by atoms with Crippen LogP contribution in [0.25, 0.3) is 0 Å². The summed E-state index contributed by atoms with van der Waals surface area (Å²) in [7, 11) is -3.52. The zero-order valence-corrected chi connectivity index (χ0v) is 18.3. The van der Waals surface area contributed by atoms with E-state index in [1.54, 1.807) is 29.3 Å². The SMILES string of the molecule is CC(Oc1ccc(F)cc1Br)C(=O)N1CCC(NS(=O)(=O)c2cccs2)CC1. The number of hydrogen-bond acceptors (Lipinski definition) is 5. The van der Waals surface area contributed by atoms with Crippen molar-refractivity contribution in [3.63, 3.8) is 0 Å². The smallest absolute Gasteiger partial charge is 0.263 e. The molecule has 0 spiro atoms. The molecule has 1 amide bonds. The van der Waals surface area contributed by atoms with Gasteiger partial charge in [-0.1, -0.05) is 6.07 Å². The fourth-order valence-electron chi connectivity index (χ4n) is 2.98. The largest absolute Gasteiger partial charge is 0.480 e. The summed E-state index contributed by atoms with van der Waals surface area (Å²) in [6, 6.07) is 7.06. The van der Waals surface area contributed by atoms with Crippen LogP contribution in [0.5, 0.6) is 5.75 Å². The summed E-state index contributed by atoms with van der Waals surface area (Å²) in [6.07, 6.45) is 0.327. The van der Waals surface area contributed by atoms with Gasteiger partial charge in [-0.15, -0.1) is 11.3 Å². The van der Waals surface area contributed by atoms with E-state index in [1.165, 1.54) is 29.5 Å². The highest BCUT2D eigenvalue weighted by Crippen LogP contribution is 2.27. The van der Waals surface area contributed by atoms with Crippen molar-refractivity contribution < 1.29 is 22.3 Å². The van der Waals surface area contributed by atoms with Crippen LogP contribution >= 0.6 is 27.3 Å². The van der Waals surface area contributed by atoms with E-state index in [4.69, 9.17) is 4.74 Å². The Morgan fingerprint density at radius 2 is 2.07 bits per heavy atom. The quantitative estimate of drug-likeness (QED) is 0.673. The average molecular weight is 491 g/mol. The molecule has 2 aromatic rings. The first kappa shape index (κ1) is 21.2. The average Bonchev–Trinajstić information content (AvgIpc) is 3.19. The summed E-state index contributed by atoms with van der Waals surface area (Å²) in [6.45, 7) is 2.52. The van der Waals surface area contributed by atoms with E-state index in [1.807, 2.05) is 0 Å². The zero-order valence-electron chi connectivity index (χ0n) is 15.1. The second-order valence-corrected chi connectivity index (χ2v) is 10.2. The molecule has 1 aliphatic rings. The Kier molecular flexibility index (Phi) is 6.74. The topological polar surface area (TPSA) is 75.7 Å². The normalized spacial score (nSPS) is 16.8. The molecule has 6 nitrogen and oxygen atoms in total. The number of thiophene rings is 1. The molecule has 10 heteroatoms. The second-order valence-electron chi connectivity index (χ2n) is 6.49. The van der Waals surface area contributed by atoms with Crippen molar-refractivity contribution in [1.29, 1.82) is 0 Å². The van der Waals surface area contributed by atoms with E-state index in [9.17, 15) is 17.6 Å². The Morgan fingerprint density at radius 1 is 1.36 bits per heavy atom. The van der Waals surface area contributed by atoms with Crippen LogP contribution in [-0.4, -0.2) is 44.5 Å². The van der Waals surface area contributed by atoms with Crippen molar-refractivity contribution >= 4 is 43.2 Å². The lowest BCUT2D eigenvalue weighted by atomic mass is 10.1. The lowest BCUT2D eigenvalue weighted by Crippen LogP contribution is -2.49. The molecule has 1 aromatic heterocycles. The molecule has 0 aliphatic carbocycles. The lowest BCUT2D eigenvalue weighted by molar-refractivity contribution is -0.139. The van der Waals surface area contributed by atoms with Crippen LogP contribution in [0.2, 0.25) is 0 Å². The van der Waals surface area contributed by atoms with Gasteiger partial charge in [0.25, 0.3) is 5.91 Å². The third kappa shape index (κ3) is 5.11. The van der Waals surface area contributed by atoms with Gasteiger partial charge in [0.1, 0.15) is 15.8 Å². The van der Waals surface area contributed by atoms with Gasteiger partial charge in [-0.25, -0.2) is 17.5 Å². The van der Waals surface area contributed by atoms with Crippen molar-refractivity contribution in [2.75, 3.05) is 13.1 Å². The van der Waals surface area contributed by atoms with Crippen LogP contribution in [0.15, 0.2) is 44.4 Å². The van der Waals surface area contributed by atoms with E-state index in [2.05, 4.69) is 20.7 Å². The first-order valence-electron chi connectivity index (χ1n) is 8.72. The zero-order chi connectivity index (χ0) is 20.3. The molecule has 0 saturated carbocycles. The molecule has 0 bridgehead atoms. The predicted molar refractivity (Wildman–Crippen MR) is 108 cm³/mol. The molecule has 28 heavy (non-hydrogen) atoms. The Bertz CT molecular complexity index is 929. The minimum absolute atomic E-state index is 0.184. The maximum atomic E-state index is 13.2. The van der Waals surface area contributed by atoms with Crippen molar-refractivity contribution in [3.8, 4) is 5.75 Å². The third-order valence-corrected chi connectivity index (χ3v) is 7.97. The van der Waals surface area contributed by atoms with Crippen molar-refractivity contribution in [2.24, 2.45) is 0 Å². The van der Waals surface area contributed by atoms with Crippen LogP contribution in [0.3, 0.4) is 0 Å². The van der Waals surface area contributed by atoms with E-state index in [0.717, 1.165) is 0 Å². The molecule has 1 aliphatic heterocycles. The first-order valence-corrected chi connectivity index (χ1v) is 11.9. The summed E-state index contributed by atoms with van der Waals surface area (Å²) in [5, 5.41) is 1.72. The predicted octanol–water partition coefficient (Wildman–Crippen LogP) is 3.39. The van der Waals surface area contributed by atoms with Gasteiger partial charge in [-0.05, 0) is 65.3 Å². The molecule has 1 saturated heterocycles. The first-order chi connectivity index (χ1) is 13.3. The van der Waals surface area contributed by atoms with E-state index in [-0.39, 0.29) is 16.2 Å². The molecule has 1 fully saturated rings. The van der Waals surface area contributed by atoms with Crippen LogP contribution < -0.4 is 9.46 Å². The van der Waals surface area contributed by atoms with Crippen LogP contribution in [0.4, 0.5) is 4.39 Å². The molecule has 1 unspecified atom stereocenters. The number of sulfonamides is 1. The molecule has 0 radical (unpaired) electrons. The third-order valence-electron chi connectivity index (χ3n) is 4.43. The number of benzene rings is 1. The Morgan fingerprint density at radius 3 is 2.68 bits per heavy atom. The second kappa shape index (κ2) is 8.89. The number of carbonyl (C=O) groups is 1. The number of nitrogens with one attached hydrogen (secondary N) is 1. The number of nitrogens with zero attached hydrogens (tertiary/aromatic N) is 1. The van der Waals surface area contributed by atoms with Gasteiger partial charge in [-0.3, -0.25) is 4.79 Å². The fraction of sp³-hybridized carbons (Fsp3) is 0.389. The molecule has 152 valence electrons. The van der Waals surface area contributed by atoms with Crippen LogP contribution in [0.1, 0.15) is 19.8 Å². The number of halogens is 2. The number of amides is 1. The van der Waals surface area contributed by atoms with E-state index < -0.39 is 21.9 Å². The van der Waals surface area contributed by atoms with Crippen LogP contribution in [0, 0.1) is 5.82 Å². The number of likely N-dealkylation sites (tertiary alicyclic amines) is 1. The molecule has 3 rings (SSSR count). The number of hydrogen-bond donors (Lipinski definition) is 1. The van der Waals surface area contributed by atoms with Crippen molar-refractivity contribution in [3.05, 3.63) is 46.0 Å². The molecular formula is C18H20BrFN2O4S2. The van der Waals surface area contributed by atoms with Crippen LogP contribution in [-0.2, 0) is 14.8 Å². The Hall–Kier alpha value is -1.49. The number of piperidine rings is 1. The summed E-state index contributed by atoms with van der Waals surface area (Å²) in [5.41, 5.74) is 0.